The van der Waals surface area contributed by atoms with Gasteiger partial charge in [0.25, 0.3) is 0 Å². The quantitative estimate of drug-likeness (QED) is 0.872. The number of benzene rings is 1. The van der Waals surface area contributed by atoms with Gasteiger partial charge in [0.2, 0.25) is 0 Å². The first-order valence-corrected chi connectivity index (χ1v) is 6.23. The highest BCUT2D eigenvalue weighted by Crippen LogP contribution is 2.36. The molecule has 1 aliphatic heterocycles. The van der Waals surface area contributed by atoms with Crippen LogP contribution in [0.5, 0.6) is 0 Å². The number of nitrogens with zero attached hydrogens (tertiary/aromatic N) is 1. The molecule has 17 heavy (non-hydrogen) atoms. The lowest BCUT2D eigenvalue weighted by Gasteiger charge is -2.38. The fourth-order valence-electron chi connectivity index (χ4n) is 2.52. The Morgan fingerprint density at radius 1 is 1.53 bits per heavy atom. The van der Waals surface area contributed by atoms with E-state index in [1.54, 1.807) is 0 Å². The summed E-state index contributed by atoms with van der Waals surface area (Å²) in [6.45, 7) is 5.19. The molecule has 0 aromatic heterocycles. The van der Waals surface area contributed by atoms with Crippen molar-refractivity contribution in [3.8, 4) is 0 Å². The van der Waals surface area contributed by atoms with Gasteiger partial charge < -0.3 is 10.0 Å². The van der Waals surface area contributed by atoms with Gasteiger partial charge >= 0.3 is 5.97 Å². The molecule has 2 rings (SSSR count). The van der Waals surface area contributed by atoms with E-state index in [4.69, 9.17) is 0 Å². The van der Waals surface area contributed by atoms with Crippen molar-refractivity contribution in [3.05, 3.63) is 29.8 Å². The topological polar surface area (TPSA) is 40.5 Å². The summed E-state index contributed by atoms with van der Waals surface area (Å²) in [6.07, 6.45) is 1.78. The standard InChI is InChI=1S/C14H19NO2/c1-3-10(2)15-9-8-12(14(16)17)11-6-4-5-7-13(11)15/h4-7,10,12H,3,8-9H2,1-2H3,(H,16,17)/t10-,12?/m1/s1. The molecule has 3 nitrogen and oxygen atoms in total. The van der Waals surface area contributed by atoms with Gasteiger partial charge in [-0.05, 0) is 31.4 Å². The number of hydrogen-bond donors (Lipinski definition) is 1. The first-order chi connectivity index (χ1) is 8.15. The predicted molar refractivity (Wildman–Crippen MR) is 68.5 cm³/mol. The number of para-hydroxylation sites is 1. The van der Waals surface area contributed by atoms with Crippen LogP contribution < -0.4 is 4.90 Å². The number of carbonyl (C=O) groups is 1. The summed E-state index contributed by atoms with van der Waals surface area (Å²) < 4.78 is 0. The molecular formula is C14H19NO2. The second-order valence-corrected chi connectivity index (χ2v) is 4.69. The molecule has 0 amide bonds. The lowest BCUT2D eigenvalue weighted by Crippen LogP contribution is -2.39. The second-order valence-electron chi connectivity index (χ2n) is 4.69. The maximum absolute atomic E-state index is 11.2. The zero-order valence-electron chi connectivity index (χ0n) is 10.4. The fraction of sp³-hybridized carbons (Fsp3) is 0.500. The van der Waals surface area contributed by atoms with Gasteiger partial charge in [-0.25, -0.2) is 0 Å². The van der Waals surface area contributed by atoms with E-state index in [0.717, 1.165) is 24.2 Å². The van der Waals surface area contributed by atoms with Crippen LogP contribution in [0.1, 0.15) is 38.2 Å². The van der Waals surface area contributed by atoms with Crippen LogP contribution in [0.25, 0.3) is 0 Å². The SMILES string of the molecule is CC[C@@H](C)N1CCC(C(=O)O)c2ccccc21. The first-order valence-electron chi connectivity index (χ1n) is 6.23. The largest absolute Gasteiger partial charge is 0.481 e. The van der Waals surface area contributed by atoms with Crippen LogP contribution >= 0.6 is 0 Å². The molecule has 1 heterocycles. The van der Waals surface area contributed by atoms with Crippen molar-refractivity contribution in [3.63, 3.8) is 0 Å². The summed E-state index contributed by atoms with van der Waals surface area (Å²) in [4.78, 5) is 13.6. The van der Waals surface area contributed by atoms with Crippen molar-refractivity contribution in [2.45, 2.75) is 38.6 Å². The Bertz CT molecular complexity index is 416. The van der Waals surface area contributed by atoms with Crippen molar-refractivity contribution < 1.29 is 9.90 Å². The van der Waals surface area contributed by atoms with Gasteiger partial charge in [-0.1, -0.05) is 25.1 Å². The molecule has 2 atom stereocenters. The van der Waals surface area contributed by atoms with E-state index >= 15 is 0 Å². The van der Waals surface area contributed by atoms with Crippen molar-refractivity contribution in [2.24, 2.45) is 0 Å². The first kappa shape index (κ1) is 12.0. The maximum Gasteiger partial charge on any atom is 0.311 e. The molecule has 1 N–H and O–H groups in total. The summed E-state index contributed by atoms with van der Waals surface area (Å²) in [6, 6.07) is 8.36. The average Bonchev–Trinajstić information content (AvgIpc) is 2.36. The van der Waals surface area contributed by atoms with Crippen LogP contribution in [0.2, 0.25) is 0 Å². The summed E-state index contributed by atoms with van der Waals surface area (Å²) in [5.41, 5.74) is 2.06. The molecule has 1 aliphatic rings. The third-order valence-electron chi connectivity index (χ3n) is 3.70. The Kier molecular flexibility index (Phi) is 3.36. The van der Waals surface area contributed by atoms with Crippen molar-refractivity contribution >= 4 is 11.7 Å². The van der Waals surface area contributed by atoms with Crippen molar-refractivity contribution in [2.75, 3.05) is 11.4 Å². The Labute approximate surface area is 102 Å². The van der Waals surface area contributed by atoms with Crippen LogP contribution in [-0.4, -0.2) is 23.7 Å². The molecule has 0 saturated heterocycles. The van der Waals surface area contributed by atoms with Gasteiger partial charge in [0.1, 0.15) is 0 Å². The average molecular weight is 233 g/mol. The third kappa shape index (κ3) is 2.14. The van der Waals surface area contributed by atoms with E-state index in [9.17, 15) is 9.90 Å². The number of fused-ring (bicyclic) bond motifs is 1. The smallest absolute Gasteiger partial charge is 0.311 e. The van der Waals surface area contributed by atoms with Gasteiger partial charge in [-0.2, -0.15) is 0 Å². The Morgan fingerprint density at radius 2 is 2.24 bits per heavy atom. The summed E-state index contributed by atoms with van der Waals surface area (Å²) in [5, 5.41) is 9.25. The normalized spacial score (nSPS) is 20.8. The van der Waals surface area contributed by atoms with E-state index in [1.807, 2.05) is 24.3 Å². The molecule has 1 unspecified atom stereocenters. The minimum Gasteiger partial charge on any atom is -0.481 e. The number of carboxylic acid groups (broad SMARTS) is 1. The predicted octanol–water partition coefficient (Wildman–Crippen LogP) is 2.86. The lowest BCUT2D eigenvalue weighted by molar-refractivity contribution is -0.139. The molecule has 3 heteroatoms. The van der Waals surface area contributed by atoms with Crippen LogP contribution in [-0.2, 0) is 4.79 Å². The molecule has 0 fully saturated rings. The van der Waals surface area contributed by atoms with E-state index in [-0.39, 0.29) is 5.92 Å². The molecule has 0 aliphatic carbocycles. The van der Waals surface area contributed by atoms with E-state index < -0.39 is 5.97 Å². The van der Waals surface area contributed by atoms with Crippen LogP contribution in [0.4, 0.5) is 5.69 Å². The zero-order chi connectivity index (χ0) is 12.4. The molecule has 1 aromatic rings. The van der Waals surface area contributed by atoms with E-state index in [0.29, 0.717) is 12.5 Å². The Balaban J connectivity index is 2.40. The van der Waals surface area contributed by atoms with Crippen LogP contribution in [0.3, 0.4) is 0 Å². The highest BCUT2D eigenvalue weighted by molar-refractivity contribution is 5.80. The molecule has 0 bridgehead atoms. The number of rotatable bonds is 3. The molecule has 1 aromatic carbocycles. The Morgan fingerprint density at radius 3 is 2.88 bits per heavy atom. The van der Waals surface area contributed by atoms with E-state index in [2.05, 4.69) is 18.7 Å². The number of hydrogen-bond acceptors (Lipinski definition) is 2. The van der Waals surface area contributed by atoms with Gasteiger partial charge in [0, 0.05) is 18.3 Å². The fourth-order valence-corrected chi connectivity index (χ4v) is 2.52. The van der Waals surface area contributed by atoms with Gasteiger partial charge in [0.15, 0.2) is 0 Å². The molecule has 0 radical (unpaired) electrons. The lowest BCUT2D eigenvalue weighted by atomic mass is 9.89. The van der Waals surface area contributed by atoms with Gasteiger partial charge in [-0.15, -0.1) is 0 Å². The van der Waals surface area contributed by atoms with Gasteiger partial charge in [0.05, 0.1) is 5.92 Å². The molecule has 0 spiro atoms. The number of aliphatic carboxylic acids is 1. The minimum atomic E-state index is -0.707. The number of anilines is 1. The third-order valence-corrected chi connectivity index (χ3v) is 3.70. The summed E-state index contributed by atoms with van der Waals surface area (Å²) in [7, 11) is 0. The van der Waals surface area contributed by atoms with Gasteiger partial charge in [-0.3, -0.25) is 4.79 Å². The highest BCUT2D eigenvalue weighted by atomic mass is 16.4. The minimum absolute atomic E-state index is 0.341. The monoisotopic (exact) mass is 233 g/mol. The zero-order valence-corrected chi connectivity index (χ0v) is 10.4. The highest BCUT2D eigenvalue weighted by Gasteiger charge is 2.30. The Hall–Kier alpha value is -1.51. The summed E-state index contributed by atoms with van der Waals surface area (Å²) in [5.74, 6) is -1.05. The molecular weight excluding hydrogens is 214 g/mol. The van der Waals surface area contributed by atoms with Crippen molar-refractivity contribution in [1.82, 2.24) is 0 Å². The van der Waals surface area contributed by atoms with Crippen LogP contribution in [0.15, 0.2) is 24.3 Å². The van der Waals surface area contributed by atoms with Crippen molar-refractivity contribution in [1.29, 1.82) is 0 Å². The number of carboxylic acids is 1. The molecule has 0 saturated carbocycles. The summed E-state index contributed by atoms with van der Waals surface area (Å²) >= 11 is 0. The van der Waals surface area contributed by atoms with E-state index in [1.165, 1.54) is 0 Å². The molecule has 92 valence electrons. The van der Waals surface area contributed by atoms with Crippen LogP contribution in [0, 0.1) is 0 Å². The maximum atomic E-state index is 11.2. The second kappa shape index (κ2) is 4.78.